The van der Waals surface area contributed by atoms with E-state index in [0.717, 1.165) is 40.7 Å². The van der Waals surface area contributed by atoms with Crippen molar-refractivity contribution in [3.63, 3.8) is 0 Å². The van der Waals surface area contributed by atoms with Gasteiger partial charge in [-0.15, -0.1) is 0 Å². The number of piperidine rings is 1. The first kappa shape index (κ1) is 16.7. The average Bonchev–Trinajstić information content (AvgIpc) is 2.64. The molecule has 2 heterocycles. The fraction of sp³-hybridized carbons (Fsp3) is 0.348. The van der Waals surface area contributed by atoms with Gasteiger partial charge in [0.05, 0.1) is 11.1 Å². The number of likely N-dealkylation sites (N-methyl/N-ethyl adjacent to an activating group) is 1. The molecule has 0 spiro atoms. The van der Waals surface area contributed by atoms with Gasteiger partial charge in [-0.05, 0) is 55.4 Å². The highest BCUT2D eigenvalue weighted by atomic mass is 16.3. The first-order valence-corrected chi connectivity index (χ1v) is 9.57. The highest BCUT2D eigenvalue weighted by Crippen LogP contribution is 2.50. The fourth-order valence-corrected chi connectivity index (χ4v) is 5.19. The summed E-state index contributed by atoms with van der Waals surface area (Å²) in [7, 11) is 2.07. The molecule has 27 heavy (non-hydrogen) atoms. The zero-order valence-electron chi connectivity index (χ0n) is 15.5. The first-order chi connectivity index (χ1) is 13.0. The maximum atomic E-state index is 11.9. The molecule has 4 nitrogen and oxygen atoms in total. The third kappa shape index (κ3) is 2.47. The molecule has 1 aliphatic heterocycles. The number of β-amino-alcohol motifs (C(OH)–C–C–N with tert-alkyl or cyclic N) is 1. The van der Waals surface area contributed by atoms with Gasteiger partial charge in [0, 0.05) is 35.9 Å². The van der Waals surface area contributed by atoms with Crippen LogP contribution in [0.3, 0.4) is 0 Å². The summed E-state index contributed by atoms with van der Waals surface area (Å²) in [6, 6.07) is 17.8. The Labute approximate surface area is 159 Å². The van der Waals surface area contributed by atoms with Crippen molar-refractivity contribution < 1.29 is 10.2 Å². The first-order valence-electron chi connectivity index (χ1n) is 9.57. The minimum atomic E-state index is -0.884. The molecule has 2 aliphatic rings. The minimum Gasteiger partial charge on any atom is -0.508 e. The van der Waals surface area contributed by atoms with Gasteiger partial charge in [-0.3, -0.25) is 4.98 Å². The summed E-state index contributed by atoms with van der Waals surface area (Å²) in [5.74, 6) is 0.250. The normalized spacial score (nSPS) is 27.9. The van der Waals surface area contributed by atoms with E-state index in [1.165, 1.54) is 0 Å². The number of phenols is 1. The summed E-state index contributed by atoms with van der Waals surface area (Å²) in [4.78, 5) is 7.17. The van der Waals surface area contributed by atoms with Gasteiger partial charge < -0.3 is 15.1 Å². The predicted molar refractivity (Wildman–Crippen MR) is 106 cm³/mol. The molecule has 138 valence electrons. The van der Waals surface area contributed by atoms with Crippen LogP contribution in [0.25, 0.3) is 10.9 Å². The maximum absolute atomic E-state index is 11.9. The minimum absolute atomic E-state index is 0.250. The Morgan fingerprint density at radius 3 is 2.74 bits per heavy atom. The summed E-state index contributed by atoms with van der Waals surface area (Å²) in [5.41, 5.74) is 2.92. The number of hydrogen-bond donors (Lipinski definition) is 2. The van der Waals surface area contributed by atoms with Gasteiger partial charge in [-0.25, -0.2) is 0 Å². The van der Waals surface area contributed by atoms with Crippen LogP contribution in [0.4, 0.5) is 0 Å². The lowest BCUT2D eigenvalue weighted by molar-refractivity contribution is -0.0976. The predicted octanol–water partition coefficient (Wildman–Crippen LogP) is 3.04. The van der Waals surface area contributed by atoms with Gasteiger partial charge in [-0.2, -0.15) is 0 Å². The Kier molecular flexibility index (Phi) is 3.58. The van der Waals surface area contributed by atoms with Crippen molar-refractivity contribution >= 4 is 10.9 Å². The second-order valence-corrected chi connectivity index (χ2v) is 8.29. The van der Waals surface area contributed by atoms with E-state index in [1.54, 1.807) is 6.07 Å². The van der Waals surface area contributed by atoms with Gasteiger partial charge in [0.25, 0.3) is 0 Å². The van der Waals surface area contributed by atoms with E-state index in [-0.39, 0.29) is 5.75 Å². The number of pyridine rings is 1. The van der Waals surface area contributed by atoms with Crippen LogP contribution in [0.5, 0.6) is 5.75 Å². The number of fused-ring (bicyclic) bond motifs is 3. The van der Waals surface area contributed by atoms with E-state index in [0.29, 0.717) is 19.4 Å². The van der Waals surface area contributed by atoms with Crippen molar-refractivity contribution in [2.24, 2.45) is 0 Å². The van der Waals surface area contributed by atoms with Gasteiger partial charge >= 0.3 is 0 Å². The van der Waals surface area contributed by atoms with Crippen LogP contribution in [-0.4, -0.2) is 45.8 Å². The standard InChI is InChI=1S/C23H24N2O2/c1-25-10-9-22(18-6-4-7-19(26)12-18)14-21-17(13-23(22,27)15-25)11-16-5-2-3-8-20(16)24-21/h2-8,11-12,26-27H,9-10,13-15H2,1H3/t22-,23-/m0/s1. The Morgan fingerprint density at radius 1 is 1.04 bits per heavy atom. The molecule has 0 bridgehead atoms. The van der Waals surface area contributed by atoms with E-state index >= 15 is 0 Å². The Balaban J connectivity index is 1.72. The van der Waals surface area contributed by atoms with E-state index in [4.69, 9.17) is 4.98 Å². The number of aromatic hydroxyl groups is 1. The molecular weight excluding hydrogens is 336 g/mol. The number of nitrogens with zero attached hydrogens (tertiary/aromatic N) is 2. The number of likely N-dealkylation sites (tertiary alicyclic amines) is 1. The molecular formula is C23H24N2O2. The van der Waals surface area contributed by atoms with Crippen LogP contribution in [0.1, 0.15) is 23.2 Å². The molecule has 2 aromatic carbocycles. The molecule has 1 aliphatic carbocycles. The topological polar surface area (TPSA) is 56.6 Å². The molecule has 0 amide bonds. The van der Waals surface area contributed by atoms with Crippen LogP contribution in [0.2, 0.25) is 0 Å². The second kappa shape index (κ2) is 5.78. The van der Waals surface area contributed by atoms with Crippen LogP contribution >= 0.6 is 0 Å². The van der Waals surface area contributed by atoms with Crippen molar-refractivity contribution in [2.75, 3.05) is 20.1 Å². The number of aliphatic hydroxyl groups is 1. The molecule has 1 saturated heterocycles. The van der Waals surface area contributed by atoms with E-state index in [2.05, 4.69) is 24.1 Å². The number of hydrogen-bond acceptors (Lipinski definition) is 4. The Bertz CT molecular complexity index is 1030. The van der Waals surface area contributed by atoms with E-state index in [9.17, 15) is 10.2 Å². The lowest BCUT2D eigenvalue weighted by Crippen LogP contribution is -2.66. The second-order valence-electron chi connectivity index (χ2n) is 8.29. The maximum Gasteiger partial charge on any atom is 0.115 e. The molecule has 4 heteroatoms. The summed E-state index contributed by atoms with van der Waals surface area (Å²) < 4.78 is 0. The Hall–Kier alpha value is -2.43. The molecule has 1 aromatic heterocycles. The summed E-state index contributed by atoms with van der Waals surface area (Å²) in [6.07, 6.45) is 2.12. The summed E-state index contributed by atoms with van der Waals surface area (Å²) in [6.45, 7) is 1.54. The zero-order chi connectivity index (χ0) is 18.6. The highest BCUT2D eigenvalue weighted by molar-refractivity contribution is 5.79. The van der Waals surface area contributed by atoms with Gasteiger partial charge in [0.15, 0.2) is 0 Å². The molecule has 0 saturated carbocycles. The summed E-state index contributed by atoms with van der Waals surface area (Å²) >= 11 is 0. The zero-order valence-corrected chi connectivity index (χ0v) is 15.5. The number of phenolic OH excluding ortho intramolecular Hbond substituents is 1. The van der Waals surface area contributed by atoms with Crippen molar-refractivity contribution in [2.45, 2.75) is 30.3 Å². The molecule has 5 rings (SSSR count). The largest absolute Gasteiger partial charge is 0.508 e. The van der Waals surface area contributed by atoms with Crippen LogP contribution in [0.15, 0.2) is 54.6 Å². The molecule has 1 fully saturated rings. The van der Waals surface area contributed by atoms with Gasteiger partial charge in [0.1, 0.15) is 5.75 Å². The van der Waals surface area contributed by atoms with Crippen molar-refractivity contribution in [1.29, 1.82) is 0 Å². The van der Waals surface area contributed by atoms with Crippen LogP contribution < -0.4 is 0 Å². The third-order valence-corrected chi connectivity index (χ3v) is 6.59. The molecule has 0 unspecified atom stereocenters. The molecule has 0 radical (unpaired) electrons. The van der Waals surface area contributed by atoms with E-state index in [1.807, 2.05) is 36.4 Å². The number of para-hydroxylation sites is 1. The quantitative estimate of drug-likeness (QED) is 0.700. The lowest BCUT2D eigenvalue weighted by atomic mass is 9.56. The number of rotatable bonds is 1. The highest BCUT2D eigenvalue weighted by Gasteiger charge is 2.56. The average molecular weight is 360 g/mol. The third-order valence-electron chi connectivity index (χ3n) is 6.59. The van der Waals surface area contributed by atoms with Gasteiger partial charge in [-0.1, -0.05) is 30.3 Å². The SMILES string of the molecule is CN1CC[C@@]2(c3cccc(O)c3)Cc3nc4ccccc4cc3C[C@]2(O)C1. The number of benzene rings is 2. The molecule has 3 aromatic rings. The monoisotopic (exact) mass is 360 g/mol. The van der Waals surface area contributed by atoms with Crippen LogP contribution in [-0.2, 0) is 18.3 Å². The summed E-state index contributed by atoms with van der Waals surface area (Å²) in [5, 5.41) is 23.1. The van der Waals surface area contributed by atoms with Crippen molar-refractivity contribution in [1.82, 2.24) is 9.88 Å². The lowest BCUT2D eigenvalue weighted by Gasteiger charge is -2.56. The Morgan fingerprint density at radius 2 is 1.89 bits per heavy atom. The smallest absolute Gasteiger partial charge is 0.115 e. The van der Waals surface area contributed by atoms with E-state index < -0.39 is 11.0 Å². The molecule has 2 atom stereocenters. The fourth-order valence-electron chi connectivity index (χ4n) is 5.19. The number of aromatic nitrogens is 1. The van der Waals surface area contributed by atoms with Crippen molar-refractivity contribution in [3.8, 4) is 5.75 Å². The van der Waals surface area contributed by atoms with Gasteiger partial charge in [0.2, 0.25) is 0 Å². The molecule has 2 N–H and O–H groups in total. The van der Waals surface area contributed by atoms with Crippen LogP contribution in [0, 0.1) is 0 Å². The van der Waals surface area contributed by atoms with Crippen molar-refractivity contribution in [3.05, 3.63) is 71.4 Å².